The summed E-state index contributed by atoms with van der Waals surface area (Å²) in [6.45, 7) is 4.55. The summed E-state index contributed by atoms with van der Waals surface area (Å²) in [6, 6.07) is 6.92. The summed E-state index contributed by atoms with van der Waals surface area (Å²) in [6.07, 6.45) is 0. The van der Waals surface area contributed by atoms with E-state index in [1.54, 1.807) is 24.3 Å². The van der Waals surface area contributed by atoms with Gasteiger partial charge in [-0.3, -0.25) is 0 Å². The Labute approximate surface area is 114 Å². The van der Waals surface area contributed by atoms with Crippen molar-refractivity contribution in [2.75, 3.05) is 11.9 Å². The molecule has 0 amide bonds. The molecule has 3 nitrogen and oxygen atoms in total. The van der Waals surface area contributed by atoms with Crippen LogP contribution in [0.25, 0.3) is 11.3 Å². The zero-order valence-electron chi connectivity index (χ0n) is 10.2. The van der Waals surface area contributed by atoms with Crippen LogP contribution >= 0.6 is 15.9 Å². The minimum atomic E-state index is -0.307. The molecule has 1 aromatic carbocycles. The molecular weight excluding hydrogens is 297 g/mol. The first kappa shape index (κ1) is 13.0. The maximum atomic E-state index is 14.0. The Kier molecular flexibility index (Phi) is 3.91. The number of halogens is 2. The Morgan fingerprint density at radius 3 is 2.83 bits per heavy atom. The summed E-state index contributed by atoms with van der Waals surface area (Å²) < 4.78 is 14.4. The fourth-order valence-electron chi connectivity index (χ4n) is 1.65. The highest BCUT2D eigenvalue weighted by molar-refractivity contribution is 9.10. The molecule has 0 aliphatic rings. The second-order valence-corrected chi connectivity index (χ2v) is 4.70. The summed E-state index contributed by atoms with van der Waals surface area (Å²) in [5.74, 6) is 0.213. The van der Waals surface area contributed by atoms with E-state index in [0.717, 1.165) is 12.2 Å². The average Bonchev–Trinajstić information content (AvgIpc) is 2.32. The standard InChI is InChI=1S/C13H13BrFN3/c1-3-16-13-17-8(2)7-11(18-13)9-5-4-6-10(14)12(9)15/h4-7H,3H2,1-2H3,(H,16,17,18). The lowest BCUT2D eigenvalue weighted by molar-refractivity contribution is 0.624. The third kappa shape index (κ3) is 2.67. The van der Waals surface area contributed by atoms with E-state index in [1.165, 1.54) is 0 Å². The number of benzene rings is 1. The van der Waals surface area contributed by atoms with Gasteiger partial charge in [-0.1, -0.05) is 6.07 Å². The number of aromatic nitrogens is 2. The molecule has 2 aromatic rings. The molecule has 0 fully saturated rings. The van der Waals surface area contributed by atoms with E-state index in [1.807, 2.05) is 13.8 Å². The maximum Gasteiger partial charge on any atom is 0.223 e. The number of nitrogens with zero attached hydrogens (tertiary/aromatic N) is 2. The van der Waals surface area contributed by atoms with Crippen LogP contribution in [0.15, 0.2) is 28.7 Å². The molecule has 1 heterocycles. The van der Waals surface area contributed by atoms with Crippen LogP contribution in [0, 0.1) is 12.7 Å². The van der Waals surface area contributed by atoms with Crippen molar-refractivity contribution in [2.45, 2.75) is 13.8 Å². The summed E-state index contributed by atoms with van der Waals surface area (Å²) in [4.78, 5) is 8.56. The first-order valence-electron chi connectivity index (χ1n) is 5.65. The van der Waals surface area contributed by atoms with Gasteiger partial charge >= 0.3 is 0 Å². The quantitative estimate of drug-likeness (QED) is 0.937. The van der Waals surface area contributed by atoms with E-state index in [2.05, 4.69) is 31.2 Å². The number of hydrogen-bond acceptors (Lipinski definition) is 3. The van der Waals surface area contributed by atoms with Gasteiger partial charge in [0.2, 0.25) is 5.95 Å². The zero-order valence-corrected chi connectivity index (χ0v) is 11.8. The Balaban J connectivity index is 2.53. The molecule has 0 aliphatic carbocycles. The van der Waals surface area contributed by atoms with Crippen LogP contribution in [-0.4, -0.2) is 16.5 Å². The van der Waals surface area contributed by atoms with Crippen molar-refractivity contribution in [3.05, 3.63) is 40.2 Å². The highest BCUT2D eigenvalue weighted by Crippen LogP contribution is 2.27. The molecule has 0 atom stereocenters. The first-order chi connectivity index (χ1) is 8.61. The van der Waals surface area contributed by atoms with Gasteiger partial charge < -0.3 is 5.32 Å². The Bertz CT molecular complexity index is 572. The van der Waals surface area contributed by atoms with Crippen molar-refractivity contribution in [3.63, 3.8) is 0 Å². The summed E-state index contributed by atoms with van der Waals surface area (Å²) in [5, 5.41) is 3.04. The number of hydrogen-bond donors (Lipinski definition) is 1. The third-order valence-corrected chi connectivity index (χ3v) is 3.03. The number of anilines is 1. The van der Waals surface area contributed by atoms with Crippen molar-refractivity contribution in [3.8, 4) is 11.3 Å². The lowest BCUT2D eigenvalue weighted by atomic mass is 10.1. The minimum absolute atomic E-state index is 0.307. The largest absolute Gasteiger partial charge is 0.354 e. The van der Waals surface area contributed by atoms with Crippen LogP contribution in [0.3, 0.4) is 0 Å². The van der Waals surface area contributed by atoms with E-state index in [9.17, 15) is 4.39 Å². The molecule has 1 aromatic heterocycles. The number of rotatable bonds is 3. The van der Waals surface area contributed by atoms with Crippen LogP contribution in [0.1, 0.15) is 12.6 Å². The molecule has 0 bridgehead atoms. The van der Waals surface area contributed by atoms with E-state index < -0.39 is 0 Å². The molecule has 0 saturated heterocycles. The van der Waals surface area contributed by atoms with Gasteiger partial charge in [-0.25, -0.2) is 14.4 Å². The molecule has 0 spiro atoms. The summed E-state index contributed by atoms with van der Waals surface area (Å²) in [5.41, 5.74) is 1.85. The van der Waals surface area contributed by atoms with Crippen molar-refractivity contribution in [1.29, 1.82) is 0 Å². The second-order valence-electron chi connectivity index (χ2n) is 3.85. The number of nitrogens with one attached hydrogen (secondary N) is 1. The van der Waals surface area contributed by atoms with Gasteiger partial charge in [-0.2, -0.15) is 0 Å². The molecule has 5 heteroatoms. The van der Waals surface area contributed by atoms with Crippen LogP contribution in [0.4, 0.5) is 10.3 Å². The number of aryl methyl sites for hydroxylation is 1. The van der Waals surface area contributed by atoms with Gasteiger partial charge in [0.15, 0.2) is 0 Å². The van der Waals surface area contributed by atoms with Crippen LogP contribution < -0.4 is 5.32 Å². The molecule has 0 unspecified atom stereocenters. The molecule has 1 N–H and O–H groups in total. The molecule has 18 heavy (non-hydrogen) atoms. The van der Waals surface area contributed by atoms with Gasteiger partial charge in [-0.15, -0.1) is 0 Å². The summed E-state index contributed by atoms with van der Waals surface area (Å²) >= 11 is 3.18. The highest BCUT2D eigenvalue weighted by atomic mass is 79.9. The topological polar surface area (TPSA) is 37.8 Å². The maximum absolute atomic E-state index is 14.0. The third-order valence-electron chi connectivity index (χ3n) is 2.42. The predicted molar refractivity (Wildman–Crippen MR) is 74.0 cm³/mol. The first-order valence-corrected chi connectivity index (χ1v) is 6.45. The van der Waals surface area contributed by atoms with E-state index in [0.29, 0.717) is 21.7 Å². The van der Waals surface area contributed by atoms with Crippen molar-refractivity contribution in [1.82, 2.24) is 9.97 Å². The van der Waals surface area contributed by atoms with Crippen molar-refractivity contribution < 1.29 is 4.39 Å². The predicted octanol–water partition coefficient (Wildman–Crippen LogP) is 3.79. The fourth-order valence-corrected chi connectivity index (χ4v) is 2.01. The lowest BCUT2D eigenvalue weighted by Gasteiger charge is -2.08. The lowest BCUT2D eigenvalue weighted by Crippen LogP contribution is -2.04. The highest BCUT2D eigenvalue weighted by Gasteiger charge is 2.11. The monoisotopic (exact) mass is 309 g/mol. The normalized spacial score (nSPS) is 10.4. The minimum Gasteiger partial charge on any atom is -0.354 e. The summed E-state index contributed by atoms with van der Waals surface area (Å²) in [7, 11) is 0. The van der Waals surface area contributed by atoms with Crippen LogP contribution in [0.5, 0.6) is 0 Å². The molecular formula is C13H13BrFN3. The molecule has 0 radical (unpaired) electrons. The van der Waals surface area contributed by atoms with Crippen molar-refractivity contribution in [2.24, 2.45) is 0 Å². The smallest absolute Gasteiger partial charge is 0.223 e. The zero-order chi connectivity index (χ0) is 13.1. The van der Waals surface area contributed by atoms with Gasteiger partial charge in [-0.05, 0) is 48.0 Å². The SMILES string of the molecule is CCNc1nc(C)cc(-c2cccc(Br)c2F)n1. The van der Waals surface area contributed by atoms with Crippen LogP contribution in [0.2, 0.25) is 0 Å². The van der Waals surface area contributed by atoms with E-state index >= 15 is 0 Å². The van der Waals surface area contributed by atoms with Crippen LogP contribution in [-0.2, 0) is 0 Å². The molecule has 2 rings (SSSR count). The van der Waals surface area contributed by atoms with Gasteiger partial charge in [0.1, 0.15) is 5.82 Å². The molecule has 94 valence electrons. The van der Waals surface area contributed by atoms with E-state index in [4.69, 9.17) is 0 Å². The molecule has 0 saturated carbocycles. The Morgan fingerprint density at radius 1 is 1.33 bits per heavy atom. The Morgan fingerprint density at radius 2 is 2.11 bits per heavy atom. The Hall–Kier alpha value is -1.49. The fraction of sp³-hybridized carbons (Fsp3) is 0.231. The average molecular weight is 310 g/mol. The van der Waals surface area contributed by atoms with Crippen molar-refractivity contribution >= 4 is 21.9 Å². The van der Waals surface area contributed by atoms with Gasteiger partial charge in [0.25, 0.3) is 0 Å². The van der Waals surface area contributed by atoms with Gasteiger partial charge in [0.05, 0.1) is 10.2 Å². The second kappa shape index (κ2) is 5.44. The van der Waals surface area contributed by atoms with E-state index in [-0.39, 0.29) is 5.82 Å². The van der Waals surface area contributed by atoms with Gasteiger partial charge in [0, 0.05) is 17.8 Å². The molecule has 0 aliphatic heterocycles.